The number of amides is 2. The Bertz CT molecular complexity index is 1120. The first kappa shape index (κ1) is 30.6. The van der Waals surface area contributed by atoms with Crippen molar-refractivity contribution >= 4 is 23.7 Å². The molecule has 3 N–H and O–H groups in total. The Morgan fingerprint density at radius 2 is 1.51 bits per heavy atom. The number of nitrogens with one attached hydrogen (secondary N) is 3. The molecule has 3 aliphatic rings. The normalized spacial score (nSPS) is 19.5. The number of hydrogen-bond donors (Lipinski definition) is 3. The molecule has 9 heteroatoms. The molecule has 41 heavy (non-hydrogen) atoms. The summed E-state index contributed by atoms with van der Waals surface area (Å²) in [5.41, 5.74) is 3.07. The molecule has 224 valence electrons. The Hall–Kier alpha value is -3.33. The first-order valence-electron chi connectivity index (χ1n) is 15.0. The van der Waals surface area contributed by atoms with E-state index < -0.39 is 17.9 Å². The van der Waals surface area contributed by atoms with Gasteiger partial charge in [-0.25, -0.2) is 14.4 Å². The molecular weight excluding hydrogens is 520 g/mol. The fourth-order valence-electron chi connectivity index (χ4n) is 6.82. The van der Waals surface area contributed by atoms with Gasteiger partial charge in [0.15, 0.2) is 0 Å². The van der Waals surface area contributed by atoms with Gasteiger partial charge in [0, 0.05) is 23.6 Å². The highest BCUT2D eigenvalue weighted by atomic mass is 16.5. The minimum Gasteiger partial charge on any atom is -0.466 e. The number of rotatable bonds is 9. The number of likely N-dealkylation sites (tertiary alicyclic amines) is 1. The molecule has 1 saturated carbocycles. The van der Waals surface area contributed by atoms with Crippen LogP contribution < -0.4 is 16.0 Å². The molecule has 0 spiro atoms. The molecule has 1 aliphatic carbocycles. The molecule has 2 amide bonds. The Morgan fingerprint density at radius 3 is 2.12 bits per heavy atom. The van der Waals surface area contributed by atoms with Gasteiger partial charge in [0.05, 0.1) is 31.3 Å². The number of hydrogen-bond acceptors (Lipinski definition) is 7. The van der Waals surface area contributed by atoms with E-state index >= 15 is 0 Å². The Morgan fingerprint density at radius 1 is 0.902 bits per heavy atom. The maximum atomic E-state index is 12.8. The number of carbonyl (C=O) groups is 3. The van der Waals surface area contributed by atoms with Gasteiger partial charge in [0.25, 0.3) is 0 Å². The first-order valence-corrected chi connectivity index (χ1v) is 15.0. The van der Waals surface area contributed by atoms with E-state index in [4.69, 9.17) is 9.47 Å². The third-order valence-electron chi connectivity index (χ3n) is 8.93. The number of urea groups is 1. The van der Waals surface area contributed by atoms with Crippen LogP contribution in [0.4, 0.5) is 10.5 Å². The first-order chi connectivity index (χ1) is 19.8. The molecule has 4 rings (SSSR count). The molecule has 1 saturated heterocycles. The summed E-state index contributed by atoms with van der Waals surface area (Å²) in [5.74, 6) is 0.0701. The molecule has 2 heterocycles. The fourth-order valence-corrected chi connectivity index (χ4v) is 6.82. The van der Waals surface area contributed by atoms with Gasteiger partial charge < -0.3 is 30.3 Å². The lowest BCUT2D eigenvalue weighted by atomic mass is 9.76. The van der Waals surface area contributed by atoms with Crippen molar-refractivity contribution in [1.29, 1.82) is 0 Å². The second-order valence-electron chi connectivity index (χ2n) is 11.6. The second kappa shape index (κ2) is 14.5. The molecule has 1 aromatic rings. The summed E-state index contributed by atoms with van der Waals surface area (Å²) in [5, 5.41) is 8.96. The molecule has 2 fully saturated rings. The number of ether oxygens (including phenoxy) is 2. The number of piperidine rings is 1. The van der Waals surface area contributed by atoms with Gasteiger partial charge in [-0.3, -0.25) is 0 Å². The van der Waals surface area contributed by atoms with Gasteiger partial charge in [0.1, 0.15) is 0 Å². The second-order valence-corrected chi connectivity index (χ2v) is 11.6. The van der Waals surface area contributed by atoms with Crippen molar-refractivity contribution in [2.75, 3.05) is 45.7 Å². The summed E-state index contributed by atoms with van der Waals surface area (Å²) in [7, 11) is 2.62. The summed E-state index contributed by atoms with van der Waals surface area (Å²) in [6.07, 6.45) is 10.6. The molecule has 0 atom stereocenters. The Balaban J connectivity index is 1.31. The lowest BCUT2D eigenvalue weighted by Crippen LogP contribution is -2.38. The highest BCUT2D eigenvalue weighted by Gasteiger charge is 2.37. The summed E-state index contributed by atoms with van der Waals surface area (Å²) in [6, 6.07) is 6.88. The van der Waals surface area contributed by atoms with Crippen LogP contribution in [0.3, 0.4) is 0 Å². The smallest absolute Gasteiger partial charge is 0.336 e. The lowest BCUT2D eigenvalue weighted by Gasteiger charge is -2.37. The zero-order valence-corrected chi connectivity index (χ0v) is 25.0. The standard InChI is InChI=1S/C32H46N4O5/c1-21-27(30(37)40-3)29(28(22(2)34-21)31(38)41-4)25-12-8-13-26(20-25)35-32(39)33-16-9-17-36-18-14-24(15-19-36)23-10-6-5-7-11-23/h8,12-13,20,23-24,29,34H,5-7,9-11,14-19H2,1-4H3,(H2,33,35,39). The zero-order valence-electron chi connectivity index (χ0n) is 25.0. The number of dihydropyridines is 1. The van der Waals surface area contributed by atoms with Crippen LogP contribution in [-0.2, 0) is 19.1 Å². The number of anilines is 1. The van der Waals surface area contributed by atoms with E-state index in [1.54, 1.807) is 32.0 Å². The highest BCUT2D eigenvalue weighted by Crippen LogP contribution is 2.40. The third-order valence-corrected chi connectivity index (χ3v) is 8.93. The average Bonchev–Trinajstić information content (AvgIpc) is 2.99. The minimum atomic E-state index is -0.705. The van der Waals surface area contributed by atoms with Gasteiger partial charge in [-0.05, 0) is 82.3 Å². The van der Waals surface area contributed by atoms with Crippen LogP contribution in [0.2, 0.25) is 0 Å². The van der Waals surface area contributed by atoms with Gasteiger partial charge in [-0.15, -0.1) is 0 Å². The topological polar surface area (TPSA) is 109 Å². The van der Waals surface area contributed by atoms with E-state index in [2.05, 4.69) is 20.9 Å². The fraction of sp³-hybridized carbons (Fsp3) is 0.594. The van der Waals surface area contributed by atoms with Crippen LogP contribution >= 0.6 is 0 Å². The molecule has 0 unspecified atom stereocenters. The number of benzene rings is 1. The van der Waals surface area contributed by atoms with Crippen molar-refractivity contribution in [3.63, 3.8) is 0 Å². The molecule has 0 radical (unpaired) electrons. The highest BCUT2D eigenvalue weighted by molar-refractivity contribution is 6.00. The molecule has 9 nitrogen and oxygen atoms in total. The Labute approximate surface area is 244 Å². The predicted molar refractivity (Wildman–Crippen MR) is 159 cm³/mol. The largest absolute Gasteiger partial charge is 0.466 e. The van der Waals surface area contributed by atoms with Gasteiger partial charge in [-0.2, -0.15) is 0 Å². The van der Waals surface area contributed by atoms with Crippen LogP contribution in [0, 0.1) is 11.8 Å². The predicted octanol–water partition coefficient (Wildman–Crippen LogP) is 5.07. The molecule has 0 bridgehead atoms. The number of methoxy groups -OCH3 is 2. The van der Waals surface area contributed by atoms with E-state index in [1.165, 1.54) is 72.3 Å². The summed E-state index contributed by atoms with van der Waals surface area (Å²) in [6.45, 7) is 7.45. The maximum absolute atomic E-state index is 12.8. The summed E-state index contributed by atoms with van der Waals surface area (Å²) < 4.78 is 10.1. The third kappa shape index (κ3) is 7.70. The van der Waals surface area contributed by atoms with Gasteiger partial charge in [-0.1, -0.05) is 44.2 Å². The molecule has 1 aromatic carbocycles. The quantitative estimate of drug-likeness (QED) is 0.283. The minimum absolute atomic E-state index is 0.289. The van der Waals surface area contributed by atoms with Crippen molar-refractivity contribution < 1.29 is 23.9 Å². The van der Waals surface area contributed by atoms with Gasteiger partial charge >= 0.3 is 18.0 Å². The van der Waals surface area contributed by atoms with Crippen LogP contribution in [0.1, 0.15) is 76.7 Å². The zero-order chi connectivity index (χ0) is 29.4. The number of nitrogens with zero attached hydrogens (tertiary/aromatic N) is 1. The summed E-state index contributed by atoms with van der Waals surface area (Å²) in [4.78, 5) is 40.7. The number of esters is 2. The molecule has 0 aromatic heterocycles. The van der Waals surface area contributed by atoms with Crippen molar-refractivity contribution in [2.45, 2.75) is 71.1 Å². The lowest BCUT2D eigenvalue weighted by molar-refractivity contribution is -0.137. The van der Waals surface area contributed by atoms with Crippen molar-refractivity contribution in [2.24, 2.45) is 11.8 Å². The van der Waals surface area contributed by atoms with E-state index in [9.17, 15) is 14.4 Å². The Kier molecular flexibility index (Phi) is 10.9. The van der Waals surface area contributed by atoms with Crippen molar-refractivity contribution in [1.82, 2.24) is 15.5 Å². The van der Waals surface area contributed by atoms with Crippen molar-refractivity contribution in [3.05, 3.63) is 52.4 Å². The average molecular weight is 567 g/mol. The summed E-state index contributed by atoms with van der Waals surface area (Å²) >= 11 is 0. The van der Waals surface area contributed by atoms with E-state index in [-0.39, 0.29) is 6.03 Å². The maximum Gasteiger partial charge on any atom is 0.336 e. The number of carbonyl (C=O) groups excluding carboxylic acids is 3. The molecular formula is C32H46N4O5. The van der Waals surface area contributed by atoms with Crippen LogP contribution in [0.15, 0.2) is 46.8 Å². The van der Waals surface area contributed by atoms with Crippen LogP contribution in [0.25, 0.3) is 0 Å². The van der Waals surface area contributed by atoms with Crippen LogP contribution in [0.5, 0.6) is 0 Å². The van der Waals surface area contributed by atoms with E-state index in [1.807, 2.05) is 6.07 Å². The molecule has 2 aliphatic heterocycles. The monoisotopic (exact) mass is 566 g/mol. The SMILES string of the molecule is COC(=O)C1=C(C)NC(C)=C(C(=O)OC)C1c1cccc(NC(=O)NCCCN2CCC(C3CCCCC3)CC2)c1. The van der Waals surface area contributed by atoms with E-state index in [0.717, 1.165) is 24.8 Å². The van der Waals surface area contributed by atoms with E-state index in [0.29, 0.717) is 40.3 Å². The van der Waals surface area contributed by atoms with Crippen LogP contribution in [-0.4, -0.2) is 63.3 Å². The van der Waals surface area contributed by atoms with Gasteiger partial charge in [0.2, 0.25) is 0 Å². The van der Waals surface area contributed by atoms with Crippen molar-refractivity contribution in [3.8, 4) is 0 Å². The number of allylic oxidation sites excluding steroid dienone is 2.